The number of benzene rings is 3. The van der Waals surface area contributed by atoms with Crippen molar-refractivity contribution in [1.29, 1.82) is 0 Å². The lowest BCUT2D eigenvalue weighted by Gasteiger charge is -2.13. The predicted octanol–water partition coefficient (Wildman–Crippen LogP) is 5.80. The Morgan fingerprint density at radius 2 is 1.63 bits per heavy atom. The Hall–Kier alpha value is -4.39. The number of halogens is 2. The van der Waals surface area contributed by atoms with Crippen LogP contribution in [0.4, 0.5) is 14.5 Å². The van der Waals surface area contributed by atoms with Gasteiger partial charge in [-0.05, 0) is 53.8 Å². The van der Waals surface area contributed by atoms with Crippen molar-refractivity contribution in [1.82, 2.24) is 4.98 Å². The summed E-state index contributed by atoms with van der Waals surface area (Å²) in [6.45, 7) is -0.690. The van der Waals surface area contributed by atoms with Crippen LogP contribution in [0.5, 0.6) is 0 Å². The predicted molar refractivity (Wildman–Crippen MR) is 130 cm³/mol. The average molecular weight is 470 g/mol. The molecule has 1 aromatic heterocycles. The maximum atomic E-state index is 13.8. The highest BCUT2D eigenvalue weighted by Crippen LogP contribution is 2.37. The molecule has 5 nitrogen and oxygen atoms in total. The fourth-order valence-electron chi connectivity index (χ4n) is 4.26. The van der Waals surface area contributed by atoms with Crippen molar-refractivity contribution in [2.45, 2.75) is 12.8 Å². The number of fused-ring (bicyclic) bond motifs is 2. The van der Waals surface area contributed by atoms with Gasteiger partial charge < -0.3 is 10.1 Å². The Balaban J connectivity index is 1.44. The molecule has 0 saturated heterocycles. The molecule has 0 unspecified atom stereocenters. The van der Waals surface area contributed by atoms with E-state index < -0.39 is 35.8 Å². The zero-order valence-corrected chi connectivity index (χ0v) is 18.6. The number of amides is 1. The van der Waals surface area contributed by atoms with Gasteiger partial charge in [-0.2, -0.15) is 0 Å². The zero-order valence-electron chi connectivity index (χ0n) is 18.6. The molecule has 1 amide bonds. The molecule has 1 aliphatic carbocycles. The van der Waals surface area contributed by atoms with Gasteiger partial charge in [0.1, 0.15) is 17.3 Å². The smallest absolute Gasteiger partial charge is 0.339 e. The third-order valence-corrected chi connectivity index (χ3v) is 5.85. The van der Waals surface area contributed by atoms with Crippen molar-refractivity contribution in [3.63, 3.8) is 0 Å². The number of allylic oxidation sites excluding steroid dienone is 1. The van der Waals surface area contributed by atoms with Crippen LogP contribution in [0, 0.1) is 11.6 Å². The number of para-hydroxylation sites is 2. The summed E-state index contributed by atoms with van der Waals surface area (Å²) in [6, 6.07) is 20.3. The SMILES string of the molecule is O=C(COC(=O)c1c2c(nc3ccccc13)/C(=C/c1ccccc1)CC2)Nc1c(F)cccc1F. The number of nitrogens with zero attached hydrogens (tertiary/aromatic N) is 1. The van der Waals surface area contributed by atoms with E-state index in [-0.39, 0.29) is 0 Å². The highest BCUT2D eigenvalue weighted by Gasteiger charge is 2.28. The standard InChI is InChI=1S/C28H20F2N2O3/c29-21-10-6-11-22(30)27(21)32-24(33)16-35-28(34)25-19-9-4-5-12-23(19)31-26-18(13-14-20(25)26)15-17-7-2-1-3-8-17/h1-12,15H,13-14,16H2,(H,32,33)/b18-15+. The van der Waals surface area contributed by atoms with Crippen LogP contribution in [-0.4, -0.2) is 23.5 Å². The van der Waals surface area contributed by atoms with Crippen molar-refractivity contribution in [2.75, 3.05) is 11.9 Å². The number of hydrogen-bond donors (Lipinski definition) is 1. The highest BCUT2D eigenvalue weighted by atomic mass is 19.1. The van der Waals surface area contributed by atoms with Crippen LogP contribution in [-0.2, 0) is 16.0 Å². The van der Waals surface area contributed by atoms with Crippen molar-refractivity contribution >= 4 is 40.1 Å². The van der Waals surface area contributed by atoms with Gasteiger partial charge in [-0.15, -0.1) is 0 Å². The summed E-state index contributed by atoms with van der Waals surface area (Å²) >= 11 is 0. The first-order valence-corrected chi connectivity index (χ1v) is 11.1. The van der Waals surface area contributed by atoms with Gasteiger partial charge >= 0.3 is 5.97 Å². The van der Waals surface area contributed by atoms with E-state index >= 15 is 0 Å². The number of rotatable bonds is 5. The second kappa shape index (κ2) is 9.46. The molecule has 0 bridgehead atoms. The van der Waals surface area contributed by atoms with Crippen LogP contribution in [0.2, 0.25) is 0 Å². The number of ether oxygens (including phenoxy) is 1. The quantitative estimate of drug-likeness (QED) is 0.375. The molecule has 7 heteroatoms. The third kappa shape index (κ3) is 4.53. The largest absolute Gasteiger partial charge is 0.452 e. The lowest BCUT2D eigenvalue weighted by molar-refractivity contribution is -0.119. The molecule has 0 atom stereocenters. The summed E-state index contributed by atoms with van der Waals surface area (Å²) in [6.07, 6.45) is 3.36. The number of aromatic nitrogens is 1. The van der Waals surface area contributed by atoms with Crippen molar-refractivity contribution in [2.24, 2.45) is 0 Å². The van der Waals surface area contributed by atoms with Gasteiger partial charge in [0.2, 0.25) is 0 Å². The molecule has 0 aliphatic heterocycles. The van der Waals surface area contributed by atoms with Crippen LogP contribution in [0.3, 0.4) is 0 Å². The Bertz CT molecular complexity index is 1460. The fraction of sp³-hybridized carbons (Fsp3) is 0.107. The molecule has 0 radical (unpaired) electrons. The Morgan fingerprint density at radius 3 is 2.40 bits per heavy atom. The summed E-state index contributed by atoms with van der Waals surface area (Å²) in [5, 5.41) is 2.74. The molecular weight excluding hydrogens is 450 g/mol. The molecule has 35 heavy (non-hydrogen) atoms. The molecular formula is C28H20F2N2O3. The lowest BCUT2D eigenvalue weighted by Crippen LogP contribution is -2.22. The first kappa shape index (κ1) is 22.4. The summed E-state index contributed by atoms with van der Waals surface area (Å²) in [5.74, 6) is -3.37. The molecule has 0 saturated carbocycles. The number of pyridine rings is 1. The molecule has 1 N–H and O–H groups in total. The van der Waals surface area contributed by atoms with E-state index in [1.54, 1.807) is 12.1 Å². The summed E-state index contributed by atoms with van der Waals surface area (Å²) in [5.41, 5.74) is 3.95. The van der Waals surface area contributed by atoms with E-state index in [0.29, 0.717) is 29.3 Å². The van der Waals surface area contributed by atoms with Gasteiger partial charge in [0, 0.05) is 5.39 Å². The maximum Gasteiger partial charge on any atom is 0.339 e. The van der Waals surface area contributed by atoms with E-state index in [1.807, 2.05) is 42.5 Å². The van der Waals surface area contributed by atoms with Crippen LogP contribution in [0.1, 0.15) is 33.6 Å². The maximum absolute atomic E-state index is 13.8. The van der Waals surface area contributed by atoms with Gasteiger partial charge in [-0.25, -0.2) is 18.6 Å². The number of anilines is 1. The van der Waals surface area contributed by atoms with Crippen LogP contribution in [0.15, 0.2) is 72.8 Å². The van der Waals surface area contributed by atoms with Crippen LogP contribution < -0.4 is 5.32 Å². The number of esters is 1. The van der Waals surface area contributed by atoms with Crippen molar-refractivity contribution in [3.8, 4) is 0 Å². The van der Waals surface area contributed by atoms with E-state index in [2.05, 4.69) is 11.4 Å². The van der Waals surface area contributed by atoms with E-state index in [1.165, 1.54) is 6.07 Å². The monoisotopic (exact) mass is 470 g/mol. The van der Waals surface area contributed by atoms with Gasteiger partial charge in [0.25, 0.3) is 5.91 Å². The lowest BCUT2D eigenvalue weighted by atomic mass is 10.0. The molecule has 0 fully saturated rings. The van der Waals surface area contributed by atoms with Gasteiger partial charge in [-0.3, -0.25) is 4.79 Å². The molecule has 4 aromatic rings. The van der Waals surface area contributed by atoms with E-state index in [9.17, 15) is 18.4 Å². The Labute approximate surface area is 200 Å². The first-order valence-electron chi connectivity index (χ1n) is 11.1. The number of carbonyl (C=O) groups is 2. The first-order chi connectivity index (χ1) is 17.0. The molecule has 5 rings (SSSR count). The van der Waals surface area contributed by atoms with Gasteiger partial charge in [-0.1, -0.05) is 54.6 Å². The second-order valence-electron chi connectivity index (χ2n) is 8.13. The van der Waals surface area contributed by atoms with E-state index in [4.69, 9.17) is 9.72 Å². The van der Waals surface area contributed by atoms with Gasteiger partial charge in [0.15, 0.2) is 6.61 Å². The molecule has 3 aromatic carbocycles. The summed E-state index contributed by atoms with van der Waals surface area (Å²) < 4.78 is 32.9. The number of carbonyl (C=O) groups excluding carboxylic acids is 2. The fourth-order valence-corrected chi connectivity index (χ4v) is 4.26. The summed E-state index contributed by atoms with van der Waals surface area (Å²) in [4.78, 5) is 30.2. The van der Waals surface area contributed by atoms with E-state index in [0.717, 1.165) is 34.5 Å². The molecule has 174 valence electrons. The average Bonchev–Trinajstić information content (AvgIpc) is 3.26. The minimum absolute atomic E-state index is 0.354. The number of hydrogen-bond acceptors (Lipinski definition) is 4. The van der Waals surface area contributed by atoms with Crippen LogP contribution >= 0.6 is 0 Å². The zero-order chi connectivity index (χ0) is 24.4. The Kier molecular flexibility index (Phi) is 6.06. The highest BCUT2D eigenvalue weighted by molar-refractivity contribution is 6.08. The minimum Gasteiger partial charge on any atom is -0.452 e. The van der Waals surface area contributed by atoms with Gasteiger partial charge in [0.05, 0.1) is 16.8 Å². The topological polar surface area (TPSA) is 68.3 Å². The molecule has 0 spiro atoms. The number of nitrogens with one attached hydrogen (secondary N) is 1. The minimum atomic E-state index is -0.916. The third-order valence-electron chi connectivity index (χ3n) is 5.85. The Morgan fingerprint density at radius 1 is 0.914 bits per heavy atom. The normalized spacial score (nSPS) is 13.6. The summed E-state index contributed by atoms with van der Waals surface area (Å²) in [7, 11) is 0. The molecule has 1 aliphatic rings. The van der Waals surface area contributed by atoms with Crippen LogP contribution in [0.25, 0.3) is 22.6 Å². The molecule has 1 heterocycles. The second-order valence-corrected chi connectivity index (χ2v) is 8.13. The van der Waals surface area contributed by atoms with Crippen molar-refractivity contribution < 1.29 is 23.1 Å². The van der Waals surface area contributed by atoms with Crippen molar-refractivity contribution in [3.05, 3.63) is 107 Å².